The van der Waals surface area contributed by atoms with E-state index in [0.29, 0.717) is 32.1 Å². The maximum atomic E-state index is 12.0. The molecule has 2 unspecified atom stereocenters. The van der Waals surface area contributed by atoms with Crippen molar-refractivity contribution in [3.05, 3.63) is 35.9 Å². The Balaban J connectivity index is 1.63. The van der Waals surface area contributed by atoms with Gasteiger partial charge in [-0.15, -0.1) is 0 Å². The molecule has 3 N–H and O–H groups in total. The highest BCUT2D eigenvalue weighted by molar-refractivity contribution is 7.91. The molecule has 1 saturated heterocycles. The second-order valence-corrected chi connectivity index (χ2v) is 9.61. The molecule has 0 radical (unpaired) electrons. The van der Waals surface area contributed by atoms with Crippen molar-refractivity contribution >= 4 is 21.7 Å². The number of benzene rings is 1. The lowest BCUT2D eigenvalue weighted by atomic mass is 10.1. The van der Waals surface area contributed by atoms with E-state index in [1.165, 1.54) is 0 Å². The highest BCUT2D eigenvalue weighted by Gasteiger charge is 2.28. The summed E-state index contributed by atoms with van der Waals surface area (Å²) in [6, 6.07) is 9.84. The monoisotopic (exact) mass is 438 g/mol. The predicted octanol–water partition coefficient (Wildman–Crippen LogP) is 1.40. The van der Waals surface area contributed by atoms with Crippen molar-refractivity contribution in [2.24, 2.45) is 4.99 Å². The molecule has 1 aromatic rings. The molecule has 1 aliphatic rings. The Hall–Kier alpha value is -2.13. The van der Waals surface area contributed by atoms with Crippen LogP contribution in [-0.2, 0) is 19.4 Å². The third kappa shape index (κ3) is 9.13. The van der Waals surface area contributed by atoms with Crippen LogP contribution in [-0.4, -0.2) is 64.1 Å². The number of carbonyl (C=O) groups excluding carboxylic acids is 1. The van der Waals surface area contributed by atoms with Crippen LogP contribution in [0.15, 0.2) is 35.3 Å². The van der Waals surface area contributed by atoms with Crippen molar-refractivity contribution in [1.82, 2.24) is 16.0 Å². The minimum atomic E-state index is -2.99. The molecule has 9 heteroatoms. The number of nitrogens with zero attached hydrogens (tertiary/aromatic N) is 1. The van der Waals surface area contributed by atoms with Gasteiger partial charge < -0.3 is 20.7 Å². The maximum Gasteiger partial charge on any atom is 0.222 e. The second-order valence-electron chi connectivity index (χ2n) is 7.38. The molecule has 0 aliphatic carbocycles. The van der Waals surface area contributed by atoms with Crippen LogP contribution < -0.4 is 16.0 Å². The fourth-order valence-electron chi connectivity index (χ4n) is 3.18. The van der Waals surface area contributed by atoms with Gasteiger partial charge in [-0.2, -0.15) is 0 Å². The van der Waals surface area contributed by atoms with Crippen molar-refractivity contribution in [3.8, 4) is 0 Å². The first kappa shape index (κ1) is 24.1. The first-order valence-corrected chi connectivity index (χ1v) is 12.4. The van der Waals surface area contributed by atoms with Gasteiger partial charge in [-0.3, -0.25) is 9.79 Å². The maximum absolute atomic E-state index is 12.0. The third-order valence-corrected chi connectivity index (χ3v) is 6.56. The number of guanidine groups is 1. The van der Waals surface area contributed by atoms with Gasteiger partial charge in [0, 0.05) is 38.7 Å². The topological polar surface area (TPSA) is 109 Å². The molecule has 2 atom stereocenters. The van der Waals surface area contributed by atoms with E-state index in [2.05, 4.69) is 33.1 Å². The molecule has 1 aliphatic heterocycles. The number of sulfone groups is 1. The standard InChI is InChI=1S/C21H34N4O4S/c1-3-22-21(23-12-7-14-29-17(2)18-8-5-4-6-9-18)24-13-10-20(26)25-19-11-15-30(27,28)16-19/h4-6,8-9,17,19H,3,7,10-16H2,1-2H3,(H,25,26)(H2,22,23,24). The minimum absolute atomic E-state index is 0.0429. The van der Waals surface area contributed by atoms with Gasteiger partial charge in [0.15, 0.2) is 15.8 Å². The highest BCUT2D eigenvalue weighted by atomic mass is 32.2. The number of aliphatic imine (C=N–C) groups is 1. The summed E-state index contributed by atoms with van der Waals surface area (Å²) < 4.78 is 28.8. The molecule has 0 aromatic heterocycles. The number of carbonyl (C=O) groups is 1. The average Bonchev–Trinajstić information content (AvgIpc) is 3.06. The lowest BCUT2D eigenvalue weighted by molar-refractivity contribution is -0.121. The van der Waals surface area contributed by atoms with Crippen molar-refractivity contribution in [3.63, 3.8) is 0 Å². The van der Waals surface area contributed by atoms with Crippen LogP contribution in [0.5, 0.6) is 0 Å². The second kappa shape index (κ2) is 12.5. The van der Waals surface area contributed by atoms with Gasteiger partial charge in [-0.1, -0.05) is 30.3 Å². The van der Waals surface area contributed by atoms with Gasteiger partial charge in [0.1, 0.15) is 0 Å². The Morgan fingerprint density at radius 2 is 2.03 bits per heavy atom. The summed E-state index contributed by atoms with van der Waals surface area (Å²) in [6.45, 7) is 6.40. The minimum Gasteiger partial charge on any atom is -0.374 e. The number of hydrogen-bond donors (Lipinski definition) is 3. The van der Waals surface area contributed by atoms with Gasteiger partial charge in [-0.05, 0) is 32.3 Å². The summed E-state index contributed by atoms with van der Waals surface area (Å²) in [5.74, 6) is 0.705. The van der Waals surface area contributed by atoms with E-state index in [1.807, 2.05) is 32.0 Å². The van der Waals surface area contributed by atoms with E-state index in [9.17, 15) is 13.2 Å². The Morgan fingerprint density at radius 3 is 2.70 bits per heavy atom. The Kier molecular flexibility index (Phi) is 10.1. The first-order valence-electron chi connectivity index (χ1n) is 10.6. The van der Waals surface area contributed by atoms with Crippen LogP contribution in [0.1, 0.15) is 44.8 Å². The molecule has 168 valence electrons. The highest BCUT2D eigenvalue weighted by Crippen LogP contribution is 2.15. The number of nitrogens with one attached hydrogen (secondary N) is 3. The van der Waals surface area contributed by atoms with E-state index >= 15 is 0 Å². The van der Waals surface area contributed by atoms with Crippen LogP contribution in [0.3, 0.4) is 0 Å². The molecule has 1 fully saturated rings. The van der Waals surface area contributed by atoms with Crippen LogP contribution >= 0.6 is 0 Å². The molecule has 1 heterocycles. The molecule has 1 aromatic carbocycles. The fraction of sp³-hybridized carbons (Fsp3) is 0.619. The Morgan fingerprint density at radius 1 is 1.27 bits per heavy atom. The zero-order valence-electron chi connectivity index (χ0n) is 17.9. The molecule has 2 rings (SSSR count). The van der Waals surface area contributed by atoms with E-state index in [0.717, 1.165) is 18.5 Å². The van der Waals surface area contributed by atoms with Crippen LogP contribution in [0.4, 0.5) is 0 Å². The molecule has 1 amide bonds. The smallest absolute Gasteiger partial charge is 0.222 e. The van der Waals surface area contributed by atoms with Crippen LogP contribution in [0.25, 0.3) is 0 Å². The number of hydrogen-bond acceptors (Lipinski definition) is 5. The summed E-state index contributed by atoms with van der Waals surface area (Å²) in [4.78, 5) is 16.5. The summed E-state index contributed by atoms with van der Waals surface area (Å²) in [5, 5.41) is 9.08. The van der Waals surface area contributed by atoms with Crippen molar-refractivity contribution in [2.75, 3.05) is 37.7 Å². The molecule has 0 saturated carbocycles. The summed E-state index contributed by atoms with van der Waals surface area (Å²) >= 11 is 0. The summed E-state index contributed by atoms with van der Waals surface area (Å²) in [7, 11) is -2.99. The predicted molar refractivity (Wildman–Crippen MR) is 119 cm³/mol. The normalized spacial score (nSPS) is 19.3. The van der Waals surface area contributed by atoms with E-state index < -0.39 is 9.84 Å². The lowest BCUT2D eigenvalue weighted by Crippen LogP contribution is -2.41. The average molecular weight is 439 g/mol. The van der Waals surface area contributed by atoms with Gasteiger partial charge in [0.2, 0.25) is 5.91 Å². The zero-order chi connectivity index (χ0) is 21.8. The molecule has 0 bridgehead atoms. The van der Waals surface area contributed by atoms with Crippen LogP contribution in [0, 0.1) is 0 Å². The van der Waals surface area contributed by atoms with E-state index in [-0.39, 0.29) is 36.0 Å². The molecule has 0 spiro atoms. The van der Waals surface area contributed by atoms with E-state index in [1.54, 1.807) is 0 Å². The van der Waals surface area contributed by atoms with Gasteiger partial charge in [0.25, 0.3) is 0 Å². The Labute approximate surface area is 179 Å². The van der Waals surface area contributed by atoms with Crippen molar-refractivity contribution in [1.29, 1.82) is 0 Å². The van der Waals surface area contributed by atoms with Crippen molar-refractivity contribution in [2.45, 2.75) is 45.3 Å². The molecule has 8 nitrogen and oxygen atoms in total. The van der Waals surface area contributed by atoms with Crippen molar-refractivity contribution < 1.29 is 17.9 Å². The first-order chi connectivity index (χ1) is 14.4. The zero-order valence-corrected chi connectivity index (χ0v) is 18.7. The largest absolute Gasteiger partial charge is 0.374 e. The van der Waals surface area contributed by atoms with Gasteiger partial charge in [0.05, 0.1) is 17.6 Å². The van der Waals surface area contributed by atoms with Gasteiger partial charge in [-0.25, -0.2) is 8.42 Å². The molecular weight excluding hydrogens is 404 g/mol. The summed E-state index contributed by atoms with van der Waals surface area (Å²) in [5.41, 5.74) is 1.16. The SMILES string of the molecule is CCNC(=NCCCOC(C)c1ccccc1)NCCC(=O)NC1CCS(=O)(=O)C1. The van der Waals surface area contributed by atoms with Crippen LogP contribution in [0.2, 0.25) is 0 Å². The number of ether oxygens (including phenoxy) is 1. The summed E-state index contributed by atoms with van der Waals surface area (Å²) in [6.07, 6.45) is 1.61. The Bertz CT molecular complexity index is 783. The number of amides is 1. The van der Waals surface area contributed by atoms with E-state index in [4.69, 9.17) is 4.74 Å². The molecule has 30 heavy (non-hydrogen) atoms. The lowest BCUT2D eigenvalue weighted by Gasteiger charge is -2.14. The molecular formula is C21H34N4O4S. The fourth-order valence-corrected chi connectivity index (χ4v) is 4.85. The van der Waals surface area contributed by atoms with Gasteiger partial charge >= 0.3 is 0 Å². The number of rotatable bonds is 11. The quantitative estimate of drug-likeness (QED) is 0.274. The third-order valence-electron chi connectivity index (χ3n) is 4.80.